The van der Waals surface area contributed by atoms with Gasteiger partial charge in [0.05, 0.1) is 0 Å². The first kappa shape index (κ1) is 19.5. The summed E-state index contributed by atoms with van der Waals surface area (Å²) < 4.78 is 3.38. The van der Waals surface area contributed by atoms with Crippen LogP contribution in [0.25, 0.3) is 11.2 Å². The molecular weight excluding hydrogens is 360 g/mol. The number of fused-ring (bicyclic) bond motifs is 1. The summed E-state index contributed by atoms with van der Waals surface area (Å²) in [5, 5.41) is 0.809. The smallest absolute Gasteiger partial charge is 0.313 e. The number of nitrogens with zero attached hydrogens (tertiary/aromatic N) is 3. The number of aryl methyl sites for hydroxylation is 3. The van der Waals surface area contributed by atoms with E-state index in [1.165, 1.54) is 29.4 Å². The summed E-state index contributed by atoms with van der Waals surface area (Å²) in [4.78, 5) is 31.4. The van der Waals surface area contributed by atoms with Gasteiger partial charge in [-0.1, -0.05) is 68.3 Å². The fourth-order valence-corrected chi connectivity index (χ4v) is 4.13. The minimum Gasteiger partial charge on any atom is -0.313 e. The van der Waals surface area contributed by atoms with Crippen molar-refractivity contribution in [3.63, 3.8) is 0 Å². The number of thioether (sulfide) groups is 1. The van der Waals surface area contributed by atoms with Crippen molar-refractivity contribution in [1.82, 2.24) is 19.1 Å². The van der Waals surface area contributed by atoms with Gasteiger partial charge in [0.15, 0.2) is 16.3 Å². The van der Waals surface area contributed by atoms with Gasteiger partial charge in [-0.15, -0.1) is 0 Å². The van der Waals surface area contributed by atoms with Crippen LogP contribution < -0.4 is 11.2 Å². The van der Waals surface area contributed by atoms with Crippen LogP contribution in [0.5, 0.6) is 0 Å². The van der Waals surface area contributed by atoms with E-state index in [1.807, 2.05) is 22.8 Å². The highest BCUT2D eigenvalue weighted by Gasteiger charge is 2.17. The number of hydrogen-bond acceptors (Lipinski definition) is 4. The number of imidazole rings is 1. The number of aromatic amines is 1. The van der Waals surface area contributed by atoms with Crippen molar-refractivity contribution < 1.29 is 0 Å². The second kappa shape index (κ2) is 9.08. The van der Waals surface area contributed by atoms with Crippen molar-refractivity contribution in [1.29, 1.82) is 0 Å². The van der Waals surface area contributed by atoms with Crippen LogP contribution in [0, 0.1) is 0 Å². The third-order valence-corrected chi connectivity index (χ3v) is 5.73. The Labute approximate surface area is 162 Å². The van der Waals surface area contributed by atoms with Gasteiger partial charge in [-0.25, -0.2) is 9.78 Å². The van der Waals surface area contributed by atoms with Gasteiger partial charge in [-0.3, -0.25) is 14.3 Å². The van der Waals surface area contributed by atoms with E-state index >= 15 is 0 Å². The van der Waals surface area contributed by atoms with Crippen LogP contribution in [0.4, 0.5) is 0 Å². The maximum Gasteiger partial charge on any atom is 0.329 e. The van der Waals surface area contributed by atoms with E-state index in [-0.39, 0.29) is 5.56 Å². The quantitative estimate of drug-likeness (QED) is 0.452. The van der Waals surface area contributed by atoms with E-state index < -0.39 is 5.69 Å². The molecule has 0 fully saturated rings. The Hall–Kier alpha value is -2.28. The normalized spacial score (nSPS) is 11.3. The number of nitrogens with one attached hydrogen (secondary N) is 1. The van der Waals surface area contributed by atoms with Gasteiger partial charge in [0.2, 0.25) is 0 Å². The fraction of sp³-hybridized carbons (Fsp3) is 0.450. The van der Waals surface area contributed by atoms with Crippen molar-refractivity contribution in [2.24, 2.45) is 7.05 Å². The summed E-state index contributed by atoms with van der Waals surface area (Å²) in [7, 11) is 1.64. The third kappa shape index (κ3) is 4.53. The molecule has 0 radical (unpaired) electrons. The van der Waals surface area contributed by atoms with Crippen molar-refractivity contribution >= 4 is 22.9 Å². The van der Waals surface area contributed by atoms with Crippen LogP contribution >= 0.6 is 11.8 Å². The maximum absolute atomic E-state index is 12.5. The number of hydrogen-bond donors (Lipinski definition) is 1. The summed E-state index contributed by atoms with van der Waals surface area (Å²) in [5.74, 6) is 0.959. The van der Waals surface area contributed by atoms with Crippen LogP contribution in [0.1, 0.15) is 38.2 Å². The highest BCUT2D eigenvalue weighted by atomic mass is 32.2. The zero-order valence-electron chi connectivity index (χ0n) is 15.9. The average Bonchev–Trinajstić information content (AvgIpc) is 3.04. The lowest BCUT2D eigenvalue weighted by atomic mass is 10.1. The second-order valence-electron chi connectivity index (χ2n) is 6.68. The van der Waals surface area contributed by atoms with Crippen LogP contribution in [0.15, 0.2) is 45.1 Å². The van der Waals surface area contributed by atoms with Crippen LogP contribution in [0.2, 0.25) is 0 Å². The van der Waals surface area contributed by atoms with Gasteiger partial charge in [-0.2, -0.15) is 0 Å². The Bertz CT molecular complexity index is 1000. The Morgan fingerprint density at radius 1 is 1.11 bits per heavy atom. The van der Waals surface area contributed by atoms with E-state index in [4.69, 9.17) is 0 Å². The van der Waals surface area contributed by atoms with Crippen LogP contribution in [-0.2, 0) is 20.0 Å². The lowest BCUT2D eigenvalue weighted by Gasteiger charge is -2.08. The first-order valence-electron chi connectivity index (χ1n) is 9.48. The molecule has 0 aliphatic carbocycles. The molecule has 6 nitrogen and oxygen atoms in total. The molecule has 0 aliphatic rings. The first-order valence-corrected chi connectivity index (χ1v) is 10.5. The second-order valence-corrected chi connectivity index (χ2v) is 7.74. The summed E-state index contributed by atoms with van der Waals surface area (Å²) in [6, 6.07) is 10.2. The highest BCUT2D eigenvalue weighted by Crippen LogP contribution is 2.23. The van der Waals surface area contributed by atoms with E-state index in [1.54, 1.807) is 18.8 Å². The molecule has 0 atom stereocenters. The molecule has 0 amide bonds. The Morgan fingerprint density at radius 3 is 2.63 bits per heavy atom. The molecule has 7 heteroatoms. The molecule has 3 rings (SSSR count). The zero-order chi connectivity index (χ0) is 19.2. The van der Waals surface area contributed by atoms with E-state index in [9.17, 15) is 9.59 Å². The summed E-state index contributed by atoms with van der Waals surface area (Å²) in [6.07, 6.45) is 5.57. The molecule has 27 heavy (non-hydrogen) atoms. The lowest BCUT2D eigenvalue weighted by Crippen LogP contribution is -2.29. The number of rotatable bonds is 9. The van der Waals surface area contributed by atoms with Gasteiger partial charge in [0.1, 0.15) is 0 Å². The zero-order valence-corrected chi connectivity index (χ0v) is 16.7. The highest BCUT2D eigenvalue weighted by molar-refractivity contribution is 7.99. The fourth-order valence-electron chi connectivity index (χ4n) is 3.11. The minimum atomic E-state index is -0.431. The molecule has 144 valence electrons. The molecule has 0 saturated carbocycles. The summed E-state index contributed by atoms with van der Waals surface area (Å²) >= 11 is 1.67. The molecule has 1 aromatic carbocycles. The largest absolute Gasteiger partial charge is 0.329 e. The average molecular weight is 387 g/mol. The molecule has 0 unspecified atom stereocenters. The predicted molar refractivity (Wildman–Crippen MR) is 111 cm³/mol. The minimum absolute atomic E-state index is 0.369. The van der Waals surface area contributed by atoms with Crippen molar-refractivity contribution in [2.45, 2.75) is 50.7 Å². The Balaban J connectivity index is 1.91. The lowest BCUT2D eigenvalue weighted by molar-refractivity contribution is 0.648. The summed E-state index contributed by atoms with van der Waals surface area (Å²) in [5.41, 5.74) is 1.34. The van der Waals surface area contributed by atoms with E-state index in [0.717, 1.165) is 23.8 Å². The van der Waals surface area contributed by atoms with Crippen molar-refractivity contribution in [3.05, 3.63) is 56.7 Å². The predicted octanol–water partition coefficient (Wildman–Crippen LogP) is 3.34. The molecule has 0 bridgehead atoms. The first-order chi connectivity index (χ1) is 13.1. The van der Waals surface area contributed by atoms with Crippen molar-refractivity contribution in [2.75, 3.05) is 5.75 Å². The Kier molecular flexibility index (Phi) is 6.55. The molecular formula is C20H26N4O2S. The molecule has 2 aromatic heterocycles. The van der Waals surface area contributed by atoms with Gasteiger partial charge < -0.3 is 4.57 Å². The molecule has 2 heterocycles. The standard InChI is InChI=1S/C20H26N4O2S/c1-3-4-5-9-14-27-20-21-17-16(18(25)22-19(26)23(17)2)24(20)13-12-15-10-7-6-8-11-15/h6-8,10-11H,3-5,9,12-14H2,1-2H3,(H,22,25,26). The van der Waals surface area contributed by atoms with Crippen molar-refractivity contribution in [3.8, 4) is 0 Å². The topological polar surface area (TPSA) is 72.7 Å². The van der Waals surface area contributed by atoms with Gasteiger partial charge in [0, 0.05) is 19.3 Å². The number of benzene rings is 1. The molecule has 0 saturated heterocycles. The van der Waals surface area contributed by atoms with E-state index in [2.05, 4.69) is 29.0 Å². The van der Waals surface area contributed by atoms with Gasteiger partial charge in [0.25, 0.3) is 5.56 Å². The number of unbranched alkanes of at least 4 members (excludes halogenated alkanes) is 3. The monoisotopic (exact) mass is 386 g/mol. The van der Waals surface area contributed by atoms with Crippen LogP contribution in [0.3, 0.4) is 0 Å². The molecule has 0 aliphatic heterocycles. The van der Waals surface area contributed by atoms with Gasteiger partial charge >= 0.3 is 5.69 Å². The number of aromatic nitrogens is 4. The summed E-state index contributed by atoms with van der Waals surface area (Å²) in [6.45, 7) is 2.85. The maximum atomic E-state index is 12.5. The molecule has 1 N–H and O–H groups in total. The third-order valence-electron chi connectivity index (χ3n) is 4.67. The van der Waals surface area contributed by atoms with Gasteiger partial charge in [-0.05, 0) is 18.4 Å². The SMILES string of the molecule is CCCCCCSc1nc2c(c(=O)[nH]c(=O)n2C)n1CCc1ccccc1. The molecule has 3 aromatic rings. The number of H-pyrrole nitrogens is 1. The Morgan fingerprint density at radius 2 is 1.89 bits per heavy atom. The molecule has 0 spiro atoms. The van der Waals surface area contributed by atoms with E-state index in [0.29, 0.717) is 17.7 Å². The van der Waals surface area contributed by atoms with Crippen LogP contribution in [-0.4, -0.2) is 24.9 Å².